The molecule has 0 amide bonds. The summed E-state index contributed by atoms with van der Waals surface area (Å²) in [4.78, 5) is 18.7. The van der Waals surface area contributed by atoms with Crippen molar-refractivity contribution in [3.8, 4) is 10.6 Å². The number of thiazole rings is 1. The SMILES string of the molecule is Cc1cccnc1CNc1nc(C)c(-c2nc3ccccc3s2)c(N[C@@H]2C[C@H](CO)[C@@H](O)[C@H]2O)n1. The standard InChI is InChI=1S/C25H28N6O3S/c1-13-6-5-9-26-18(13)11-27-25-28-14(2)20(24-30-16-7-3-4-8-19(16)35-24)23(31-25)29-17-10-15(12-32)21(33)22(17)34/h3-9,15,17,21-22,32-34H,10-12H2,1-2H3,(H2,27,28,29,31)/t15-,17-,21-,22+/m1/s1. The van der Waals surface area contributed by atoms with Gasteiger partial charge in [-0.2, -0.15) is 4.98 Å². The first kappa shape index (κ1) is 23.6. The highest BCUT2D eigenvalue weighted by Gasteiger charge is 2.41. The lowest BCUT2D eigenvalue weighted by atomic mass is 10.1. The maximum absolute atomic E-state index is 10.6. The molecule has 182 valence electrons. The Morgan fingerprint density at radius 1 is 1.03 bits per heavy atom. The van der Waals surface area contributed by atoms with Crippen LogP contribution in [-0.2, 0) is 6.54 Å². The van der Waals surface area contributed by atoms with E-state index in [4.69, 9.17) is 9.97 Å². The molecule has 1 aliphatic carbocycles. The predicted octanol–water partition coefficient (Wildman–Crippen LogP) is 2.89. The molecule has 0 bridgehead atoms. The van der Waals surface area contributed by atoms with Gasteiger partial charge in [0.05, 0.1) is 45.9 Å². The molecule has 0 radical (unpaired) electrons. The molecule has 35 heavy (non-hydrogen) atoms. The summed E-state index contributed by atoms with van der Waals surface area (Å²) < 4.78 is 1.05. The summed E-state index contributed by atoms with van der Waals surface area (Å²) in [6, 6.07) is 11.3. The van der Waals surface area contributed by atoms with Crippen molar-refractivity contribution in [1.82, 2.24) is 19.9 Å². The minimum atomic E-state index is -1.03. The van der Waals surface area contributed by atoms with Crippen LogP contribution in [0.15, 0.2) is 42.6 Å². The average Bonchev–Trinajstić information content (AvgIpc) is 3.39. The monoisotopic (exact) mass is 492 g/mol. The molecule has 10 heteroatoms. The molecule has 4 atom stereocenters. The van der Waals surface area contributed by atoms with E-state index in [1.807, 2.05) is 50.2 Å². The number of aryl methyl sites for hydroxylation is 2. The summed E-state index contributed by atoms with van der Waals surface area (Å²) in [5.74, 6) is 0.541. The molecule has 0 unspecified atom stereocenters. The minimum absolute atomic E-state index is 0.194. The fraction of sp³-hybridized carbons (Fsp3) is 0.360. The third-order valence-corrected chi connectivity index (χ3v) is 7.54. The van der Waals surface area contributed by atoms with Crippen LogP contribution in [0.4, 0.5) is 11.8 Å². The van der Waals surface area contributed by atoms with Crippen LogP contribution in [0.5, 0.6) is 0 Å². The summed E-state index contributed by atoms with van der Waals surface area (Å²) in [5.41, 5.74) is 4.34. The van der Waals surface area contributed by atoms with Crippen LogP contribution >= 0.6 is 11.3 Å². The van der Waals surface area contributed by atoms with Crippen molar-refractivity contribution in [1.29, 1.82) is 0 Å². The molecule has 0 saturated heterocycles. The molecule has 3 heterocycles. The third kappa shape index (κ3) is 4.70. The van der Waals surface area contributed by atoms with Crippen LogP contribution in [0.1, 0.15) is 23.4 Å². The van der Waals surface area contributed by atoms with Crippen molar-refractivity contribution in [3.05, 3.63) is 59.5 Å². The van der Waals surface area contributed by atoms with E-state index in [1.165, 1.54) is 0 Å². The zero-order valence-corrected chi connectivity index (χ0v) is 20.3. The lowest BCUT2D eigenvalue weighted by Gasteiger charge is -2.21. The Morgan fingerprint density at radius 3 is 2.60 bits per heavy atom. The highest BCUT2D eigenvalue weighted by atomic mass is 32.1. The van der Waals surface area contributed by atoms with Crippen LogP contribution in [0.2, 0.25) is 0 Å². The highest BCUT2D eigenvalue weighted by molar-refractivity contribution is 7.21. The molecule has 3 aromatic heterocycles. The number of fused-ring (bicyclic) bond motifs is 1. The quantitative estimate of drug-likeness (QED) is 0.264. The maximum Gasteiger partial charge on any atom is 0.225 e. The van der Waals surface area contributed by atoms with E-state index in [0.29, 0.717) is 24.7 Å². The first-order valence-electron chi connectivity index (χ1n) is 11.6. The van der Waals surface area contributed by atoms with Gasteiger partial charge in [-0.1, -0.05) is 18.2 Å². The molecule has 1 fully saturated rings. The molecule has 1 aromatic carbocycles. The maximum atomic E-state index is 10.6. The van der Waals surface area contributed by atoms with E-state index >= 15 is 0 Å². The van der Waals surface area contributed by atoms with Gasteiger partial charge in [-0.3, -0.25) is 4.98 Å². The number of nitrogens with zero attached hydrogens (tertiary/aromatic N) is 4. The van der Waals surface area contributed by atoms with Gasteiger partial charge in [0.25, 0.3) is 0 Å². The number of pyridine rings is 1. The Hall–Kier alpha value is -3.18. The number of aliphatic hydroxyl groups is 3. The second-order valence-electron chi connectivity index (χ2n) is 8.87. The molecule has 5 N–H and O–H groups in total. The van der Waals surface area contributed by atoms with Crippen LogP contribution < -0.4 is 10.6 Å². The summed E-state index contributed by atoms with van der Waals surface area (Å²) >= 11 is 1.55. The number of rotatable bonds is 7. The number of anilines is 2. The average molecular weight is 493 g/mol. The molecule has 9 nitrogen and oxygen atoms in total. The molecule has 5 rings (SSSR count). The number of aliphatic hydroxyl groups excluding tert-OH is 3. The molecular weight excluding hydrogens is 464 g/mol. The Balaban J connectivity index is 1.52. The van der Waals surface area contributed by atoms with Crippen molar-refractivity contribution in [3.63, 3.8) is 0 Å². The summed E-state index contributed by atoms with van der Waals surface area (Å²) in [7, 11) is 0. The van der Waals surface area contributed by atoms with Gasteiger partial charge in [0, 0.05) is 18.7 Å². The lowest BCUT2D eigenvalue weighted by Crippen LogP contribution is -2.35. The summed E-state index contributed by atoms with van der Waals surface area (Å²) in [6.45, 7) is 4.18. The Morgan fingerprint density at radius 2 is 1.86 bits per heavy atom. The predicted molar refractivity (Wildman–Crippen MR) is 136 cm³/mol. The van der Waals surface area contributed by atoms with Gasteiger partial charge in [0.15, 0.2) is 0 Å². The van der Waals surface area contributed by atoms with Crippen molar-refractivity contribution >= 4 is 33.3 Å². The van der Waals surface area contributed by atoms with Crippen LogP contribution in [0.3, 0.4) is 0 Å². The Labute approximate surface area is 207 Å². The number of hydrogen-bond acceptors (Lipinski definition) is 10. The molecule has 0 spiro atoms. The van der Waals surface area contributed by atoms with Gasteiger partial charge in [0.1, 0.15) is 16.9 Å². The lowest BCUT2D eigenvalue weighted by molar-refractivity contribution is 0.00446. The van der Waals surface area contributed by atoms with Crippen molar-refractivity contribution < 1.29 is 15.3 Å². The third-order valence-electron chi connectivity index (χ3n) is 6.49. The number of para-hydroxylation sites is 1. The van der Waals surface area contributed by atoms with E-state index in [-0.39, 0.29) is 6.61 Å². The van der Waals surface area contributed by atoms with E-state index < -0.39 is 24.2 Å². The van der Waals surface area contributed by atoms with E-state index in [0.717, 1.165) is 37.7 Å². The molecule has 0 aliphatic heterocycles. The van der Waals surface area contributed by atoms with E-state index in [9.17, 15) is 15.3 Å². The number of benzene rings is 1. The van der Waals surface area contributed by atoms with Gasteiger partial charge >= 0.3 is 0 Å². The summed E-state index contributed by atoms with van der Waals surface area (Å²) in [6.07, 6.45) is 0.134. The normalized spacial score (nSPS) is 22.0. The van der Waals surface area contributed by atoms with Crippen molar-refractivity contribution in [2.45, 2.75) is 45.1 Å². The van der Waals surface area contributed by atoms with E-state index in [2.05, 4.69) is 20.6 Å². The Kier molecular flexibility index (Phi) is 6.61. The molecule has 4 aromatic rings. The van der Waals surface area contributed by atoms with Gasteiger partial charge < -0.3 is 26.0 Å². The number of hydrogen-bond donors (Lipinski definition) is 5. The van der Waals surface area contributed by atoms with Gasteiger partial charge in [-0.15, -0.1) is 11.3 Å². The van der Waals surface area contributed by atoms with E-state index in [1.54, 1.807) is 17.5 Å². The second-order valence-corrected chi connectivity index (χ2v) is 9.90. The molecule has 1 aliphatic rings. The first-order chi connectivity index (χ1) is 16.9. The van der Waals surface area contributed by atoms with Crippen molar-refractivity contribution in [2.24, 2.45) is 5.92 Å². The second kappa shape index (κ2) is 9.82. The minimum Gasteiger partial charge on any atom is -0.396 e. The van der Waals surface area contributed by atoms with Crippen LogP contribution in [0.25, 0.3) is 20.8 Å². The molecular formula is C25H28N6O3S. The largest absolute Gasteiger partial charge is 0.396 e. The highest BCUT2D eigenvalue weighted by Crippen LogP contribution is 2.38. The topological polar surface area (TPSA) is 136 Å². The smallest absolute Gasteiger partial charge is 0.225 e. The van der Waals surface area contributed by atoms with Crippen molar-refractivity contribution in [2.75, 3.05) is 17.2 Å². The number of aromatic nitrogens is 4. The molecule has 1 saturated carbocycles. The van der Waals surface area contributed by atoms with Gasteiger partial charge in [0.2, 0.25) is 5.95 Å². The fourth-order valence-corrected chi connectivity index (χ4v) is 5.55. The number of nitrogens with one attached hydrogen (secondary N) is 2. The zero-order valence-electron chi connectivity index (χ0n) is 19.5. The van der Waals surface area contributed by atoms with Gasteiger partial charge in [-0.05, 0) is 44.0 Å². The van der Waals surface area contributed by atoms with Gasteiger partial charge in [-0.25, -0.2) is 9.97 Å². The summed E-state index contributed by atoms with van der Waals surface area (Å²) in [5, 5.41) is 37.9. The van der Waals surface area contributed by atoms with Crippen LogP contribution in [0, 0.1) is 19.8 Å². The Bertz CT molecular complexity index is 1310. The first-order valence-corrected chi connectivity index (χ1v) is 12.4. The van der Waals surface area contributed by atoms with Crippen LogP contribution in [-0.4, -0.2) is 60.1 Å². The fourth-order valence-electron chi connectivity index (χ4n) is 4.48. The zero-order chi connectivity index (χ0) is 24.5.